The highest BCUT2D eigenvalue weighted by Crippen LogP contribution is 2.31. The van der Waals surface area contributed by atoms with Crippen molar-refractivity contribution in [2.45, 2.75) is 6.42 Å². The van der Waals surface area contributed by atoms with Crippen molar-refractivity contribution in [1.29, 1.82) is 0 Å². The van der Waals surface area contributed by atoms with E-state index in [1.807, 2.05) is 0 Å². The zero-order valence-corrected chi connectivity index (χ0v) is 16.4. The minimum Gasteiger partial charge on any atom is -0.488 e. The Kier molecular flexibility index (Phi) is 5.85. The molecule has 150 valence electrons. The summed E-state index contributed by atoms with van der Waals surface area (Å²) in [7, 11) is -1.82. The molecule has 1 heterocycles. The van der Waals surface area contributed by atoms with E-state index in [2.05, 4.69) is 5.32 Å². The summed E-state index contributed by atoms with van der Waals surface area (Å²) in [6.07, 6.45) is 1.69. The molecule has 0 fully saturated rings. The highest BCUT2D eigenvalue weighted by molar-refractivity contribution is 7.92. The van der Waals surface area contributed by atoms with Crippen LogP contribution in [0.15, 0.2) is 36.4 Å². The zero-order chi connectivity index (χ0) is 20.3. The van der Waals surface area contributed by atoms with E-state index < -0.39 is 21.7 Å². The SMILES string of the molecule is COCCOc1ccc(NC(=O)c2ccc3c(c2)CCN3S(C)(=O)=O)cc1F. The highest BCUT2D eigenvalue weighted by atomic mass is 32.2. The molecule has 1 amide bonds. The Labute approximate surface area is 163 Å². The van der Waals surface area contributed by atoms with Crippen LogP contribution in [0.2, 0.25) is 0 Å². The number of sulfonamides is 1. The van der Waals surface area contributed by atoms with Gasteiger partial charge >= 0.3 is 0 Å². The quantitative estimate of drug-likeness (QED) is 0.712. The molecule has 1 N–H and O–H groups in total. The zero-order valence-electron chi connectivity index (χ0n) is 15.6. The lowest BCUT2D eigenvalue weighted by molar-refractivity contribution is 0.102. The van der Waals surface area contributed by atoms with Crippen molar-refractivity contribution in [3.8, 4) is 5.75 Å². The number of hydrogen-bond acceptors (Lipinski definition) is 5. The predicted molar refractivity (Wildman–Crippen MR) is 104 cm³/mol. The number of halogens is 1. The fourth-order valence-electron chi connectivity index (χ4n) is 2.99. The van der Waals surface area contributed by atoms with Crippen molar-refractivity contribution in [2.75, 3.05) is 42.7 Å². The number of amides is 1. The van der Waals surface area contributed by atoms with E-state index in [-0.39, 0.29) is 12.4 Å². The van der Waals surface area contributed by atoms with Crippen molar-refractivity contribution in [3.63, 3.8) is 0 Å². The van der Waals surface area contributed by atoms with Gasteiger partial charge in [-0.3, -0.25) is 9.10 Å². The van der Waals surface area contributed by atoms with Crippen molar-refractivity contribution in [1.82, 2.24) is 0 Å². The first-order valence-electron chi connectivity index (χ1n) is 8.63. The van der Waals surface area contributed by atoms with Gasteiger partial charge in [0.05, 0.1) is 18.6 Å². The van der Waals surface area contributed by atoms with E-state index in [4.69, 9.17) is 9.47 Å². The van der Waals surface area contributed by atoms with E-state index in [0.717, 1.165) is 11.8 Å². The second-order valence-electron chi connectivity index (χ2n) is 6.37. The molecule has 0 atom stereocenters. The molecule has 7 nitrogen and oxygen atoms in total. The number of nitrogens with zero attached hydrogens (tertiary/aromatic N) is 1. The summed E-state index contributed by atoms with van der Waals surface area (Å²) >= 11 is 0. The molecule has 0 radical (unpaired) electrons. The highest BCUT2D eigenvalue weighted by Gasteiger charge is 2.26. The first-order valence-corrected chi connectivity index (χ1v) is 10.5. The average Bonchev–Trinajstić information content (AvgIpc) is 3.07. The van der Waals surface area contributed by atoms with E-state index >= 15 is 0 Å². The minimum absolute atomic E-state index is 0.0773. The molecule has 28 heavy (non-hydrogen) atoms. The molecule has 0 bridgehead atoms. The minimum atomic E-state index is -3.34. The van der Waals surface area contributed by atoms with Crippen LogP contribution in [0.3, 0.4) is 0 Å². The lowest BCUT2D eigenvalue weighted by Gasteiger charge is -2.16. The van der Waals surface area contributed by atoms with Crippen molar-refractivity contribution >= 4 is 27.3 Å². The number of carbonyl (C=O) groups is 1. The lowest BCUT2D eigenvalue weighted by Crippen LogP contribution is -2.27. The third-order valence-corrected chi connectivity index (χ3v) is 5.51. The van der Waals surface area contributed by atoms with Crippen LogP contribution < -0.4 is 14.4 Å². The summed E-state index contributed by atoms with van der Waals surface area (Å²) in [5.41, 5.74) is 2.03. The maximum absolute atomic E-state index is 14.1. The number of ether oxygens (including phenoxy) is 2. The van der Waals surface area contributed by atoms with Crippen molar-refractivity contribution < 1.29 is 27.1 Å². The molecule has 0 spiro atoms. The Morgan fingerprint density at radius 1 is 1.21 bits per heavy atom. The number of fused-ring (bicyclic) bond motifs is 1. The summed E-state index contributed by atoms with van der Waals surface area (Å²) < 4.78 is 49.1. The van der Waals surface area contributed by atoms with Crippen LogP contribution in [0.1, 0.15) is 15.9 Å². The normalized spacial score (nSPS) is 13.3. The third-order valence-electron chi connectivity index (χ3n) is 4.33. The average molecular weight is 408 g/mol. The summed E-state index contributed by atoms with van der Waals surface area (Å²) in [6.45, 7) is 0.917. The fourth-order valence-corrected chi connectivity index (χ4v) is 3.95. The maximum Gasteiger partial charge on any atom is 0.255 e. The number of carbonyl (C=O) groups excluding carboxylic acids is 1. The van der Waals surface area contributed by atoms with Gasteiger partial charge in [-0.2, -0.15) is 0 Å². The molecular formula is C19H21FN2O5S. The molecule has 1 aliphatic heterocycles. The molecule has 2 aromatic rings. The number of methoxy groups -OCH3 is 1. The molecule has 0 saturated heterocycles. The second kappa shape index (κ2) is 8.15. The standard InChI is InChI=1S/C19H21FN2O5S/c1-26-9-10-27-18-6-4-15(12-16(18)20)21-19(23)14-3-5-17-13(11-14)7-8-22(17)28(2,24)25/h3-6,11-12H,7-10H2,1-2H3,(H,21,23). The summed E-state index contributed by atoms with van der Waals surface area (Å²) in [4.78, 5) is 12.5. The maximum atomic E-state index is 14.1. The van der Waals surface area contributed by atoms with Gasteiger partial charge in [0, 0.05) is 31.0 Å². The lowest BCUT2D eigenvalue weighted by atomic mass is 10.1. The summed E-state index contributed by atoms with van der Waals surface area (Å²) in [5, 5.41) is 2.64. The van der Waals surface area contributed by atoms with Gasteiger partial charge in [-0.25, -0.2) is 12.8 Å². The number of benzene rings is 2. The van der Waals surface area contributed by atoms with Gasteiger partial charge in [0.2, 0.25) is 10.0 Å². The van der Waals surface area contributed by atoms with Crippen LogP contribution >= 0.6 is 0 Å². The van der Waals surface area contributed by atoms with E-state index in [1.54, 1.807) is 24.3 Å². The molecule has 0 aliphatic carbocycles. The fraction of sp³-hybridized carbons (Fsp3) is 0.316. The number of rotatable bonds is 7. The van der Waals surface area contributed by atoms with Crippen LogP contribution in [-0.2, 0) is 21.2 Å². The molecule has 1 aliphatic rings. The molecule has 2 aromatic carbocycles. The van der Waals surface area contributed by atoms with Gasteiger partial charge in [-0.1, -0.05) is 0 Å². The van der Waals surface area contributed by atoms with Crippen LogP contribution in [0.5, 0.6) is 5.75 Å². The molecule has 0 saturated carbocycles. The Hall–Kier alpha value is -2.65. The van der Waals surface area contributed by atoms with E-state index in [9.17, 15) is 17.6 Å². The predicted octanol–water partition coefficient (Wildman–Crippen LogP) is 2.43. The summed E-state index contributed by atoms with van der Waals surface area (Å²) in [6, 6.07) is 8.99. The van der Waals surface area contributed by atoms with E-state index in [0.29, 0.717) is 36.5 Å². The van der Waals surface area contributed by atoms with Gasteiger partial charge in [-0.05, 0) is 42.3 Å². The first kappa shape index (κ1) is 20.1. The third kappa shape index (κ3) is 4.42. The second-order valence-corrected chi connectivity index (χ2v) is 8.28. The van der Waals surface area contributed by atoms with E-state index in [1.165, 1.54) is 23.5 Å². The van der Waals surface area contributed by atoms with Gasteiger partial charge in [0.15, 0.2) is 11.6 Å². The van der Waals surface area contributed by atoms with Crippen molar-refractivity contribution in [3.05, 3.63) is 53.3 Å². The Morgan fingerprint density at radius 2 is 2.00 bits per heavy atom. The first-order chi connectivity index (χ1) is 13.3. The topological polar surface area (TPSA) is 84.9 Å². The van der Waals surface area contributed by atoms with Gasteiger partial charge in [-0.15, -0.1) is 0 Å². The summed E-state index contributed by atoms with van der Waals surface area (Å²) in [5.74, 6) is -0.923. The van der Waals surface area contributed by atoms with Gasteiger partial charge in [0.1, 0.15) is 6.61 Å². The molecular weight excluding hydrogens is 387 g/mol. The van der Waals surface area contributed by atoms with Crippen LogP contribution in [0.25, 0.3) is 0 Å². The van der Waals surface area contributed by atoms with Gasteiger partial charge in [0.25, 0.3) is 5.91 Å². The molecule has 0 unspecified atom stereocenters. The Bertz CT molecular complexity index is 994. The Balaban J connectivity index is 1.71. The van der Waals surface area contributed by atoms with Crippen LogP contribution in [0, 0.1) is 5.82 Å². The monoisotopic (exact) mass is 408 g/mol. The van der Waals surface area contributed by atoms with Gasteiger partial charge < -0.3 is 14.8 Å². The number of anilines is 2. The van der Waals surface area contributed by atoms with Crippen molar-refractivity contribution in [2.24, 2.45) is 0 Å². The van der Waals surface area contributed by atoms with Crippen LogP contribution in [0.4, 0.5) is 15.8 Å². The molecule has 9 heteroatoms. The largest absolute Gasteiger partial charge is 0.488 e. The molecule has 0 aromatic heterocycles. The number of nitrogens with one attached hydrogen (secondary N) is 1. The number of hydrogen-bond donors (Lipinski definition) is 1. The molecule has 3 rings (SSSR count). The van der Waals surface area contributed by atoms with Crippen LogP contribution in [-0.4, -0.2) is 47.4 Å². The smallest absolute Gasteiger partial charge is 0.255 e. The Morgan fingerprint density at radius 3 is 2.68 bits per heavy atom.